The molecular formula is C18H20Cl2N2O3S. The number of nitrogens with zero attached hydrogens (tertiary/aromatic N) is 1. The van der Waals surface area contributed by atoms with Crippen molar-refractivity contribution in [3.63, 3.8) is 0 Å². The van der Waals surface area contributed by atoms with Crippen LogP contribution >= 0.6 is 23.2 Å². The summed E-state index contributed by atoms with van der Waals surface area (Å²) in [7, 11) is -3.75. The van der Waals surface area contributed by atoms with Crippen LogP contribution in [0.5, 0.6) is 0 Å². The molecule has 1 amide bonds. The van der Waals surface area contributed by atoms with E-state index in [9.17, 15) is 13.2 Å². The summed E-state index contributed by atoms with van der Waals surface area (Å²) in [5.74, 6) is -0.144. The Hall–Kier alpha value is -1.60. The number of carbonyl (C=O) groups is 1. The second kappa shape index (κ2) is 9.37. The first-order valence-corrected chi connectivity index (χ1v) is 10.3. The van der Waals surface area contributed by atoms with Crippen LogP contribution < -0.4 is 4.72 Å². The van der Waals surface area contributed by atoms with Gasteiger partial charge in [0.2, 0.25) is 15.9 Å². The minimum absolute atomic E-state index is 0.000362. The highest BCUT2D eigenvalue weighted by atomic mass is 35.5. The van der Waals surface area contributed by atoms with E-state index in [4.69, 9.17) is 23.2 Å². The van der Waals surface area contributed by atoms with Crippen molar-refractivity contribution in [1.29, 1.82) is 0 Å². The molecule has 0 unspecified atom stereocenters. The van der Waals surface area contributed by atoms with Gasteiger partial charge in [0, 0.05) is 31.1 Å². The van der Waals surface area contributed by atoms with Crippen molar-refractivity contribution in [2.75, 3.05) is 13.1 Å². The lowest BCUT2D eigenvalue weighted by molar-refractivity contribution is -0.131. The molecule has 5 nitrogen and oxygen atoms in total. The van der Waals surface area contributed by atoms with Gasteiger partial charge in [0.15, 0.2) is 0 Å². The number of carbonyl (C=O) groups excluding carboxylic acids is 1. The first-order valence-electron chi connectivity index (χ1n) is 8.10. The van der Waals surface area contributed by atoms with Crippen LogP contribution in [0, 0.1) is 0 Å². The number of amides is 1. The van der Waals surface area contributed by atoms with Gasteiger partial charge in [-0.15, -0.1) is 0 Å². The SMILES string of the molecule is CCN(Cc1cccc(Cl)c1)C(=O)CCNS(=O)(=O)c1ccccc1Cl. The standard InChI is InChI=1S/C18H20Cl2N2O3S/c1-2-22(13-14-6-5-7-15(19)12-14)18(23)10-11-21-26(24,25)17-9-4-3-8-16(17)20/h3-9,12,21H,2,10-11,13H2,1H3. The molecule has 0 aliphatic carbocycles. The summed E-state index contributed by atoms with van der Waals surface area (Å²) >= 11 is 11.9. The molecule has 2 aromatic rings. The summed E-state index contributed by atoms with van der Waals surface area (Å²) in [5, 5.41) is 0.751. The minimum atomic E-state index is -3.75. The number of rotatable bonds is 8. The molecule has 26 heavy (non-hydrogen) atoms. The second-order valence-corrected chi connectivity index (χ2v) is 8.20. The smallest absolute Gasteiger partial charge is 0.242 e. The Morgan fingerprint density at radius 2 is 1.85 bits per heavy atom. The van der Waals surface area contributed by atoms with Crippen molar-refractivity contribution in [2.45, 2.75) is 24.8 Å². The maximum Gasteiger partial charge on any atom is 0.242 e. The maximum atomic E-state index is 12.4. The normalized spacial score (nSPS) is 11.3. The highest BCUT2D eigenvalue weighted by Gasteiger charge is 2.18. The molecule has 0 aliphatic rings. The third-order valence-electron chi connectivity index (χ3n) is 3.75. The largest absolute Gasteiger partial charge is 0.339 e. The summed E-state index contributed by atoms with van der Waals surface area (Å²) in [6, 6.07) is 13.5. The molecule has 0 aliphatic heterocycles. The van der Waals surface area contributed by atoms with E-state index in [1.165, 1.54) is 12.1 Å². The molecule has 0 fully saturated rings. The van der Waals surface area contributed by atoms with Gasteiger partial charge in [0.25, 0.3) is 0 Å². The van der Waals surface area contributed by atoms with Gasteiger partial charge in [-0.2, -0.15) is 0 Å². The molecule has 140 valence electrons. The molecule has 2 rings (SSSR count). The molecule has 0 heterocycles. The Kier molecular flexibility index (Phi) is 7.46. The first kappa shape index (κ1) is 20.7. The van der Waals surface area contributed by atoms with E-state index < -0.39 is 10.0 Å². The summed E-state index contributed by atoms with van der Waals surface area (Å²) in [5.41, 5.74) is 0.921. The van der Waals surface area contributed by atoms with E-state index in [0.717, 1.165) is 5.56 Å². The molecule has 0 bridgehead atoms. The zero-order chi connectivity index (χ0) is 19.2. The van der Waals surface area contributed by atoms with Crippen molar-refractivity contribution in [3.05, 3.63) is 64.1 Å². The van der Waals surface area contributed by atoms with Crippen LogP contribution in [-0.2, 0) is 21.4 Å². The van der Waals surface area contributed by atoms with Gasteiger partial charge >= 0.3 is 0 Å². The molecule has 0 saturated heterocycles. The van der Waals surface area contributed by atoms with Crippen LogP contribution in [0.2, 0.25) is 10.0 Å². The van der Waals surface area contributed by atoms with Gasteiger partial charge < -0.3 is 4.90 Å². The maximum absolute atomic E-state index is 12.4. The topological polar surface area (TPSA) is 66.5 Å². The molecule has 0 radical (unpaired) electrons. The number of hydrogen-bond donors (Lipinski definition) is 1. The number of nitrogens with one attached hydrogen (secondary N) is 1. The molecule has 0 aromatic heterocycles. The van der Waals surface area contributed by atoms with Gasteiger partial charge in [-0.1, -0.05) is 47.5 Å². The fourth-order valence-electron chi connectivity index (χ4n) is 2.42. The van der Waals surface area contributed by atoms with Gasteiger partial charge in [-0.3, -0.25) is 4.79 Å². The first-order chi connectivity index (χ1) is 12.3. The molecule has 0 saturated carbocycles. The van der Waals surface area contributed by atoms with Crippen molar-refractivity contribution in [2.24, 2.45) is 0 Å². The molecule has 1 N–H and O–H groups in total. The van der Waals surface area contributed by atoms with E-state index in [2.05, 4.69) is 4.72 Å². The highest BCUT2D eigenvalue weighted by molar-refractivity contribution is 7.89. The lowest BCUT2D eigenvalue weighted by atomic mass is 10.2. The van der Waals surface area contributed by atoms with Crippen molar-refractivity contribution >= 4 is 39.1 Å². The van der Waals surface area contributed by atoms with E-state index >= 15 is 0 Å². The number of halogens is 2. The van der Waals surface area contributed by atoms with Crippen LogP contribution in [0.25, 0.3) is 0 Å². The zero-order valence-corrected chi connectivity index (χ0v) is 16.6. The van der Waals surface area contributed by atoms with E-state index in [0.29, 0.717) is 18.1 Å². The molecule has 0 spiro atoms. The third kappa shape index (κ3) is 5.71. The van der Waals surface area contributed by atoms with Crippen molar-refractivity contribution in [3.8, 4) is 0 Å². The van der Waals surface area contributed by atoms with E-state index in [-0.39, 0.29) is 28.8 Å². The highest BCUT2D eigenvalue weighted by Crippen LogP contribution is 2.20. The average Bonchev–Trinajstić information content (AvgIpc) is 2.59. The number of benzene rings is 2. The van der Waals surface area contributed by atoms with E-state index in [1.807, 2.05) is 19.1 Å². The summed E-state index contributed by atoms with van der Waals surface area (Å²) in [4.78, 5) is 14.0. The molecular weight excluding hydrogens is 395 g/mol. The Bertz CT molecular complexity index is 872. The second-order valence-electron chi connectivity index (χ2n) is 5.62. The predicted octanol–water partition coefficient (Wildman–Crippen LogP) is 3.71. The lowest BCUT2D eigenvalue weighted by Gasteiger charge is -2.21. The fraction of sp³-hybridized carbons (Fsp3) is 0.278. The Balaban J connectivity index is 1.93. The molecule has 2 aromatic carbocycles. The summed E-state index contributed by atoms with van der Waals surface area (Å²) < 4.78 is 27.0. The van der Waals surface area contributed by atoms with Crippen LogP contribution in [0.15, 0.2) is 53.4 Å². The Morgan fingerprint density at radius 3 is 2.50 bits per heavy atom. The Labute approximate surface area is 164 Å². The van der Waals surface area contributed by atoms with Crippen LogP contribution in [0.3, 0.4) is 0 Å². The summed E-state index contributed by atoms with van der Waals surface area (Å²) in [6.07, 6.45) is 0.0537. The van der Waals surface area contributed by atoms with Crippen LogP contribution in [0.1, 0.15) is 18.9 Å². The van der Waals surface area contributed by atoms with Gasteiger partial charge in [-0.25, -0.2) is 13.1 Å². The predicted molar refractivity (Wildman–Crippen MR) is 104 cm³/mol. The Morgan fingerprint density at radius 1 is 1.12 bits per heavy atom. The molecule has 8 heteroatoms. The van der Waals surface area contributed by atoms with Crippen molar-refractivity contribution < 1.29 is 13.2 Å². The minimum Gasteiger partial charge on any atom is -0.339 e. The van der Waals surface area contributed by atoms with E-state index in [1.54, 1.807) is 29.2 Å². The zero-order valence-electron chi connectivity index (χ0n) is 14.3. The fourth-order valence-corrected chi connectivity index (χ4v) is 4.19. The van der Waals surface area contributed by atoms with Gasteiger partial charge in [-0.05, 0) is 36.8 Å². The third-order valence-corrected chi connectivity index (χ3v) is 5.95. The van der Waals surface area contributed by atoms with Crippen LogP contribution in [0.4, 0.5) is 0 Å². The number of sulfonamides is 1. The quantitative estimate of drug-likeness (QED) is 0.715. The summed E-state index contributed by atoms with van der Waals surface area (Å²) in [6.45, 7) is 2.81. The van der Waals surface area contributed by atoms with Crippen LogP contribution in [-0.4, -0.2) is 32.3 Å². The van der Waals surface area contributed by atoms with Crippen molar-refractivity contribution in [1.82, 2.24) is 9.62 Å². The average molecular weight is 415 g/mol. The monoisotopic (exact) mass is 414 g/mol. The molecule has 0 atom stereocenters. The van der Waals surface area contributed by atoms with Gasteiger partial charge in [0.1, 0.15) is 4.90 Å². The number of hydrogen-bond acceptors (Lipinski definition) is 3. The lowest BCUT2D eigenvalue weighted by Crippen LogP contribution is -2.34. The van der Waals surface area contributed by atoms with Gasteiger partial charge in [0.05, 0.1) is 5.02 Å².